The van der Waals surface area contributed by atoms with Gasteiger partial charge < -0.3 is 10.2 Å². The van der Waals surface area contributed by atoms with E-state index in [-0.39, 0.29) is 33.5 Å². The summed E-state index contributed by atoms with van der Waals surface area (Å²) in [6.45, 7) is 4.12. The highest BCUT2D eigenvalue weighted by Gasteiger charge is 2.18. The van der Waals surface area contributed by atoms with Crippen LogP contribution in [0.4, 0.5) is 8.78 Å². The minimum atomic E-state index is -0.585. The highest BCUT2D eigenvalue weighted by molar-refractivity contribution is 6.67. The molecular weight excluding hydrogens is 758 g/mol. The van der Waals surface area contributed by atoms with E-state index in [1.54, 1.807) is 54.6 Å². The molecule has 4 aromatic carbocycles. The maximum Gasteiger partial charge on any atom is 0.299 e. The number of benzene rings is 4. The molecule has 0 aliphatic carbocycles. The van der Waals surface area contributed by atoms with Crippen LogP contribution < -0.4 is 16.4 Å². The first-order valence-corrected chi connectivity index (χ1v) is 18.6. The summed E-state index contributed by atoms with van der Waals surface area (Å²) in [5, 5.41) is 24.6. The molecule has 0 atom stereocenters. The highest BCUT2D eigenvalue weighted by Crippen LogP contribution is 2.23. The summed E-state index contributed by atoms with van der Waals surface area (Å²) < 4.78 is 30.4. The van der Waals surface area contributed by atoms with E-state index in [1.165, 1.54) is 65.6 Å². The number of H-pyrrole nitrogens is 2. The molecule has 0 bridgehead atoms. The van der Waals surface area contributed by atoms with Gasteiger partial charge in [-0.15, -0.1) is 20.4 Å². The number of rotatable bonds is 9. The van der Waals surface area contributed by atoms with Crippen molar-refractivity contribution in [3.05, 3.63) is 128 Å². The largest absolute Gasteiger partial charge is 0.352 e. The molecule has 0 saturated carbocycles. The summed E-state index contributed by atoms with van der Waals surface area (Å²) in [6, 6.07) is 21.9. The lowest BCUT2D eigenvalue weighted by molar-refractivity contribution is 0.0952. The zero-order valence-electron chi connectivity index (χ0n) is 30.1. The lowest BCUT2D eigenvalue weighted by Gasteiger charge is -2.14. The first kappa shape index (κ1) is 37.3. The van der Waals surface area contributed by atoms with Gasteiger partial charge in [-0.2, -0.15) is 0 Å². The van der Waals surface area contributed by atoms with Gasteiger partial charge in [-0.05, 0) is 118 Å². The van der Waals surface area contributed by atoms with E-state index in [4.69, 9.17) is 11.6 Å². The molecule has 0 unspecified atom stereocenters. The van der Waals surface area contributed by atoms with Crippen molar-refractivity contribution in [3.8, 4) is 11.4 Å². The quantitative estimate of drug-likeness (QED) is 0.121. The standard InChI is InChI=1S/C24H25FN6O2.C16H8ClFN4O2/c25-19-7-5-6-18-20(19)27-28-22-21(18)29-31(24(22)33)17-10-8-16(9-11-17)23(32)26-12-1-2-13-30-14-3-4-15-30;17-15(23)8-4-6-9(7-5-8)22-16(24)14-13(21-22)10-2-1-3-11(18)12(10)19-20-14/h5-11,29H,1-4,12-15H2,(H,26,32);1-7,21H. The molecule has 14 nitrogen and oxygen atoms in total. The monoisotopic (exact) mass is 790 g/mol. The van der Waals surface area contributed by atoms with E-state index in [2.05, 4.69) is 40.8 Å². The molecule has 4 aromatic heterocycles. The molecule has 8 aromatic rings. The van der Waals surface area contributed by atoms with Crippen LogP contribution in [0.2, 0.25) is 0 Å². The Bertz CT molecular complexity index is 2920. The number of hydrogen-bond acceptors (Lipinski definition) is 9. The fourth-order valence-electron chi connectivity index (χ4n) is 6.89. The van der Waals surface area contributed by atoms with Crippen molar-refractivity contribution < 1.29 is 18.4 Å². The number of nitrogens with zero attached hydrogens (tertiary/aromatic N) is 7. The summed E-state index contributed by atoms with van der Waals surface area (Å²) in [6.07, 6.45) is 4.60. The van der Waals surface area contributed by atoms with E-state index < -0.39 is 22.4 Å². The minimum absolute atomic E-state index is 0.0847. The Balaban J connectivity index is 0.000000168. The maximum atomic E-state index is 14.0. The van der Waals surface area contributed by atoms with Gasteiger partial charge in [0, 0.05) is 28.4 Å². The van der Waals surface area contributed by atoms with Crippen LogP contribution in [0, 0.1) is 11.6 Å². The van der Waals surface area contributed by atoms with Gasteiger partial charge in [0.2, 0.25) is 0 Å². The number of likely N-dealkylation sites (tertiary alicyclic amines) is 1. The van der Waals surface area contributed by atoms with Crippen LogP contribution in [0.3, 0.4) is 0 Å². The molecule has 0 radical (unpaired) electrons. The topological polar surface area (TPSA) is 177 Å². The SMILES string of the molecule is O=C(Cl)c1ccc(-n2[nH]c3c(nnc4c(F)cccc43)c2=O)cc1.O=C(NCCCCN1CCCC1)c1ccc(-n2[nH]c3c(nnc4c(F)cccc43)c2=O)cc1. The van der Waals surface area contributed by atoms with Crippen molar-refractivity contribution in [2.75, 3.05) is 26.2 Å². The number of aromatic nitrogens is 8. The average Bonchev–Trinajstić information content (AvgIpc) is 3.96. The van der Waals surface area contributed by atoms with E-state index in [0.717, 1.165) is 19.4 Å². The number of aromatic amines is 2. The van der Waals surface area contributed by atoms with Gasteiger partial charge in [-0.3, -0.25) is 29.4 Å². The summed E-state index contributed by atoms with van der Waals surface area (Å²) in [5.74, 6) is -1.15. The van der Waals surface area contributed by atoms with Crippen molar-refractivity contribution >= 4 is 66.6 Å². The zero-order valence-corrected chi connectivity index (χ0v) is 30.9. The van der Waals surface area contributed by atoms with Crippen molar-refractivity contribution in [2.45, 2.75) is 25.7 Å². The fourth-order valence-corrected chi connectivity index (χ4v) is 7.02. The molecule has 1 fully saturated rings. The maximum absolute atomic E-state index is 14.0. The van der Waals surface area contributed by atoms with Crippen molar-refractivity contribution in [3.63, 3.8) is 0 Å². The molecule has 3 N–H and O–H groups in total. The van der Waals surface area contributed by atoms with Gasteiger partial charge in [-0.1, -0.05) is 24.3 Å². The number of fused-ring (bicyclic) bond motifs is 6. The molecule has 0 spiro atoms. The van der Waals surface area contributed by atoms with Crippen LogP contribution in [0.15, 0.2) is 94.5 Å². The number of halogens is 3. The van der Waals surface area contributed by atoms with Gasteiger partial charge >= 0.3 is 0 Å². The number of nitrogens with one attached hydrogen (secondary N) is 3. The van der Waals surface area contributed by atoms with Crippen LogP contribution in [0.5, 0.6) is 0 Å². The Morgan fingerprint density at radius 3 is 1.61 bits per heavy atom. The van der Waals surface area contributed by atoms with Crippen LogP contribution in [-0.4, -0.2) is 82.2 Å². The Hall–Kier alpha value is -6.65. The van der Waals surface area contributed by atoms with E-state index >= 15 is 0 Å². The Kier molecular flexibility index (Phi) is 10.4. The summed E-state index contributed by atoms with van der Waals surface area (Å²) in [7, 11) is 0. The highest BCUT2D eigenvalue weighted by atomic mass is 35.5. The van der Waals surface area contributed by atoms with Crippen LogP contribution >= 0.6 is 11.6 Å². The lowest BCUT2D eigenvalue weighted by atomic mass is 10.2. The molecule has 1 aliphatic rings. The molecule has 17 heteroatoms. The van der Waals surface area contributed by atoms with Crippen molar-refractivity contribution in [2.24, 2.45) is 0 Å². The predicted octanol–water partition coefficient (Wildman–Crippen LogP) is 5.79. The van der Waals surface area contributed by atoms with Gasteiger partial charge in [-0.25, -0.2) is 18.1 Å². The minimum Gasteiger partial charge on any atom is -0.352 e. The van der Waals surface area contributed by atoms with Gasteiger partial charge in [0.1, 0.15) is 11.0 Å². The number of amides is 1. The number of carbonyl (C=O) groups is 2. The van der Waals surface area contributed by atoms with E-state index in [9.17, 15) is 28.0 Å². The van der Waals surface area contributed by atoms with Gasteiger partial charge in [0.05, 0.1) is 22.4 Å². The van der Waals surface area contributed by atoms with E-state index in [0.29, 0.717) is 50.9 Å². The van der Waals surface area contributed by atoms with Crippen LogP contribution in [0.25, 0.3) is 55.2 Å². The average molecular weight is 791 g/mol. The second-order valence-electron chi connectivity index (χ2n) is 13.5. The Morgan fingerprint density at radius 2 is 1.12 bits per heavy atom. The smallest absolute Gasteiger partial charge is 0.299 e. The van der Waals surface area contributed by atoms with Gasteiger partial charge in [0.15, 0.2) is 22.7 Å². The molecule has 9 rings (SSSR count). The third kappa shape index (κ3) is 7.39. The molecule has 288 valence electrons. The Labute approximate surface area is 326 Å². The molecule has 1 saturated heterocycles. The summed E-state index contributed by atoms with van der Waals surface area (Å²) in [4.78, 5) is 51.4. The summed E-state index contributed by atoms with van der Waals surface area (Å²) in [5.41, 5.74) is 2.29. The van der Waals surface area contributed by atoms with Crippen LogP contribution in [-0.2, 0) is 0 Å². The second kappa shape index (κ2) is 15.8. The third-order valence-corrected chi connectivity index (χ3v) is 10.1. The fraction of sp³-hybridized carbons (Fsp3) is 0.200. The first-order chi connectivity index (χ1) is 27.7. The molecular formula is C40H33ClF2N10O4. The third-order valence-electron chi connectivity index (χ3n) is 9.87. The lowest BCUT2D eigenvalue weighted by Crippen LogP contribution is -2.26. The van der Waals surface area contributed by atoms with Crippen LogP contribution in [0.1, 0.15) is 46.4 Å². The predicted molar refractivity (Wildman–Crippen MR) is 211 cm³/mol. The number of carbonyl (C=O) groups excluding carboxylic acids is 2. The number of unbranched alkanes of at least 4 members (excludes halogenated alkanes) is 1. The molecule has 1 amide bonds. The molecule has 5 heterocycles. The zero-order chi connectivity index (χ0) is 39.6. The molecule has 1 aliphatic heterocycles. The van der Waals surface area contributed by atoms with Crippen molar-refractivity contribution in [1.29, 1.82) is 0 Å². The normalized spacial score (nSPS) is 13.0. The van der Waals surface area contributed by atoms with Crippen molar-refractivity contribution in [1.82, 2.24) is 50.2 Å². The Morgan fingerprint density at radius 1 is 0.649 bits per heavy atom. The molecule has 57 heavy (non-hydrogen) atoms. The first-order valence-electron chi connectivity index (χ1n) is 18.2. The summed E-state index contributed by atoms with van der Waals surface area (Å²) >= 11 is 5.41. The van der Waals surface area contributed by atoms with Gasteiger partial charge in [0.25, 0.3) is 22.3 Å². The second-order valence-corrected chi connectivity index (χ2v) is 13.8. The van der Waals surface area contributed by atoms with E-state index in [1.807, 2.05) is 0 Å². The number of hydrogen-bond donors (Lipinski definition) is 3.